The largest absolute Gasteiger partial charge is 0.478 e. The molecule has 1 aromatic heterocycles. The SMILES string of the molecule is CCOc1cc(NC(CCCl)C(C)(C)C)ncn1. The smallest absolute Gasteiger partial charge is 0.218 e. The standard InChI is InChI=1S/C13H22ClN3O/c1-5-18-12-8-11(15-9-16-12)17-10(6-7-14)13(2,3)4/h8-10H,5-7H2,1-4H3,(H,15,16,17). The van der Waals surface area contributed by atoms with Crippen molar-refractivity contribution in [2.45, 2.75) is 40.2 Å². The van der Waals surface area contributed by atoms with Crippen LogP contribution in [0.2, 0.25) is 0 Å². The van der Waals surface area contributed by atoms with Crippen molar-refractivity contribution < 1.29 is 4.74 Å². The molecule has 0 radical (unpaired) electrons. The molecule has 0 aliphatic rings. The van der Waals surface area contributed by atoms with E-state index in [2.05, 4.69) is 36.1 Å². The minimum atomic E-state index is 0.117. The van der Waals surface area contributed by atoms with Gasteiger partial charge in [-0.1, -0.05) is 20.8 Å². The predicted molar refractivity (Wildman–Crippen MR) is 75.4 cm³/mol. The summed E-state index contributed by atoms with van der Waals surface area (Å²) in [7, 11) is 0. The normalized spacial score (nSPS) is 13.2. The summed E-state index contributed by atoms with van der Waals surface area (Å²) in [6, 6.07) is 2.08. The highest BCUT2D eigenvalue weighted by Crippen LogP contribution is 2.26. The predicted octanol–water partition coefficient (Wildman–Crippen LogP) is 3.33. The Labute approximate surface area is 114 Å². The highest BCUT2D eigenvalue weighted by molar-refractivity contribution is 6.17. The van der Waals surface area contributed by atoms with Gasteiger partial charge in [-0.2, -0.15) is 0 Å². The number of halogens is 1. The lowest BCUT2D eigenvalue weighted by Gasteiger charge is -2.31. The maximum atomic E-state index is 5.85. The van der Waals surface area contributed by atoms with Gasteiger partial charge in [0.2, 0.25) is 5.88 Å². The van der Waals surface area contributed by atoms with Crippen molar-refractivity contribution in [1.29, 1.82) is 0 Å². The Balaban J connectivity index is 2.77. The molecule has 0 aliphatic carbocycles. The highest BCUT2D eigenvalue weighted by Gasteiger charge is 2.24. The zero-order valence-corrected chi connectivity index (χ0v) is 12.3. The van der Waals surface area contributed by atoms with Crippen molar-refractivity contribution in [2.75, 3.05) is 17.8 Å². The Morgan fingerprint density at radius 1 is 1.39 bits per heavy atom. The number of ether oxygens (including phenoxy) is 1. The van der Waals surface area contributed by atoms with Crippen molar-refractivity contribution in [3.8, 4) is 5.88 Å². The molecule has 0 bridgehead atoms. The van der Waals surface area contributed by atoms with Gasteiger partial charge < -0.3 is 10.1 Å². The summed E-state index contributed by atoms with van der Waals surface area (Å²) in [5, 5.41) is 3.40. The molecule has 0 saturated heterocycles. The molecular weight excluding hydrogens is 250 g/mol. The van der Waals surface area contributed by atoms with Crippen LogP contribution >= 0.6 is 11.6 Å². The summed E-state index contributed by atoms with van der Waals surface area (Å²) >= 11 is 5.85. The van der Waals surface area contributed by atoms with E-state index in [4.69, 9.17) is 16.3 Å². The van der Waals surface area contributed by atoms with E-state index in [-0.39, 0.29) is 11.5 Å². The van der Waals surface area contributed by atoms with E-state index < -0.39 is 0 Å². The Morgan fingerprint density at radius 3 is 2.67 bits per heavy atom. The summed E-state index contributed by atoms with van der Waals surface area (Å²) < 4.78 is 5.36. The fourth-order valence-electron chi connectivity index (χ4n) is 1.65. The second kappa shape index (κ2) is 6.78. The first-order valence-electron chi connectivity index (χ1n) is 6.24. The van der Waals surface area contributed by atoms with Crippen LogP contribution in [-0.2, 0) is 0 Å². The molecule has 1 atom stereocenters. The quantitative estimate of drug-likeness (QED) is 0.806. The van der Waals surface area contributed by atoms with Gasteiger partial charge in [-0.15, -0.1) is 11.6 Å². The van der Waals surface area contributed by atoms with Crippen LogP contribution in [0.25, 0.3) is 0 Å². The van der Waals surface area contributed by atoms with Crippen LogP contribution in [0.4, 0.5) is 5.82 Å². The van der Waals surface area contributed by atoms with Crippen LogP contribution < -0.4 is 10.1 Å². The van der Waals surface area contributed by atoms with E-state index in [1.165, 1.54) is 6.33 Å². The van der Waals surface area contributed by atoms with Crippen molar-refractivity contribution in [1.82, 2.24) is 9.97 Å². The molecule has 4 nitrogen and oxygen atoms in total. The monoisotopic (exact) mass is 271 g/mol. The van der Waals surface area contributed by atoms with Gasteiger partial charge in [0, 0.05) is 18.0 Å². The van der Waals surface area contributed by atoms with Crippen molar-refractivity contribution in [3.05, 3.63) is 12.4 Å². The molecule has 0 aliphatic heterocycles. The second-order valence-corrected chi connectivity index (χ2v) is 5.59. The molecule has 1 rings (SSSR count). The molecular formula is C13H22ClN3O. The number of nitrogens with one attached hydrogen (secondary N) is 1. The van der Waals surface area contributed by atoms with Gasteiger partial charge in [0.05, 0.1) is 6.61 Å². The number of aromatic nitrogens is 2. The van der Waals surface area contributed by atoms with Gasteiger partial charge in [-0.05, 0) is 18.8 Å². The minimum Gasteiger partial charge on any atom is -0.478 e. The molecule has 0 amide bonds. The number of anilines is 1. The Kier molecular flexibility index (Phi) is 5.66. The lowest BCUT2D eigenvalue weighted by molar-refractivity contribution is 0.324. The maximum absolute atomic E-state index is 5.85. The topological polar surface area (TPSA) is 47.0 Å². The average Bonchev–Trinajstić information content (AvgIpc) is 2.28. The molecule has 0 saturated carbocycles. The molecule has 1 heterocycles. The second-order valence-electron chi connectivity index (χ2n) is 5.22. The molecule has 0 aromatic carbocycles. The summed E-state index contributed by atoms with van der Waals surface area (Å²) in [4.78, 5) is 8.26. The van der Waals surface area contributed by atoms with Crippen molar-refractivity contribution in [3.63, 3.8) is 0 Å². The fraction of sp³-hybridized carbons (Fsp3) is 0.692. The molecule has 1 unspecified atom stereocenters. The molecule has 1 N–H and O–H groups in total. The number of nitrogens with zero attached hydrogens (tertiary/aromatic N) is 2. The lowest BCUT2D eigenvalue weighted by Crippen LogP contribution is -2.34. The zero-order chi connectivity index (χ0) is 13.6. The molecule has 5 heteroatoms. The maximum Gasteiger partial charge on any atom is 0.218 e. The van der Waals surface area contributed by atoms with E-state index in [1.54, 1.807) is 0 Å². The first kappa shape index (κ1) is 15.0. The molecule has 102 valence electrons. The van der Waals surface area contributed by atoms with E-state index in [9.17, 15) is 0 Å². The molecule has 0 fully saturated rings. The van der Waals surface area contributed by atoms with Gasteiger partial charge in [0.15, 0.2) is 0 Å². The lowest BCUT2D eigenvalue weighted by atomic mass is 9.85. The van der Waals surface area contributed by atoms with Crippen LogP contribution in [0.5, 0.6) is 5.88 Å². The first-order chi connectivity index (χ1) is 8.47. The van der Waals surface area contributed by atoms with E-state index >= 15 is 0 Å². The van der Waals surface area contributed by atoms with Gasteiger partial charge in [0.25, 0.3) is 0 Å². The van der Waals surface area contributed by atoms with Crippen LogP contribution in [0.15, 0.2) is 12.4 Å². The molecule has 0 spiro atoms. The fourth-order valence-corrected chi connectivity index (χ4v) is 1.87. The number of alkyl halides is 1. The van der Waals surface area contributed by atoms with Gasteiger partial charge in [-0.3, -0.25) is 0 Å². The third-order valence-electron chi connectivity index (χ3n) is 2.70. The zero-order valence-electron chi connectivity index (χ0n) is 11.5. The summed E-state index contributed by atoms with van der Waals surface area (Å²) in [6.45, 7) is 9.08. The minimum absolute atomic E-state index is 0.117. The number of rotatable bonds is 6. The first-order valence-corrected chi connectivity index (χ1v) is 6.78. The van der Waals surface area contributed by atoms with Gasteiger partial charge in [-0.25, -0.2) is 9.97 Å². The van der Waals surface area contributed by atoms with Gasteiger partial charge >= 0.3 is 0 Å². The van der Waals surface area contributed by atoms with E-state index in [0.717, 1.165) is 12.2 Å². The van der Waals surface area contributed by atoms with Crippen LogP contribution in [0, 0.1) is 5.41 Å². The number of hydrogen-bond acceptors (Lipinski definition) is 4. The Morgan fingerprint density at radius 2 is 2.11 bits per heavy atom. The van der Waals surface area contributed by atoms with Crippen LogP contribution in [0.3, 0.4) is 0 Å². The summed E-state index contributed by atoms with van der Waals surface area (Å²) in [6.07, 6.45) is 2.40. The Bertz CT molecular complexity index is 365. The summed E-state index contributed by atoms with van der Waals surface area (Å²) in [5.74, 6) is 1.99. The summed E-state index contributed by atoms with van der Waals surface area (Å²) in [5.41, 5.74) is 0.117. The van der Waals surface area contributed by atoms with Crippen LogP contribution in [-0.4, -0.2) is 28.5 Å². The van der Waals surface area contributed by atoms with Crippen molar-refractivity contribution >= 4 is 17.4 Å². The number of hydrogen-bond donors (Lipinski definition) is 1. The highest BCUT2D eigenvalue weighted by atomic mass is 35.5. The van der Waals surface area contributed by atoms with Crippen molar-refractivity contribution in [2.24, 2.45) is 5.41 Å². The van der Waals surface area contributed by atoms with Gasteiger partial charge in [0.1, 0.15) is 12.1 Å². The van der Waals surface area contributed by atoms with E-state index in [1.807, 2.05) is 13.0 Å². The average molecular weight is 272 g/mol. The molecule has 18 heavy (non-hydrogen) atoms. The third-order valence-corrected chi connectivity index (χ3v) is 2.92. The van der Waals surface area contributed by atoms with E-state index in [0.29, 0.717) is 18.4 Å². The Hall–Kier alpha value is -1.03. The van der Waals surface area contributed by atoms with Crippen LogP contribution in [0.1, 0.15) is 34.1 Å². The third kappa shape index (κ3) is 4.69. The molecule has 1 aromatic rings.